The number of nitrogens with zero attached hydrogens (tertiary/aromatic N) is 1. The third kappa shape index (κ3) is 4.92. The molecule has 1 aliphatic rings. The van der Waals surface area contributed by atoms with Gasteiger partial charge in [0.15, 0.2) is 6.54 Å². The predicted molar refractivity (Wildman–Crippen MR) is 99.0 cm³/mol. The Morgan fingerprint density at radius 1 is 1.07 bits per heavy atom. The molecule has 0 atom stereocenters. The highest BCUT2D eigenvalue weighted by Gasteiger charge is 2.32. The van der Waals surface area contributed by atoms with Gasteiger partial charge < -0.3 is 10.2 Å². The molecule has 1 amide bonds. The highest BCUT2D eigenvalue weighted by molar-refractivity contribution is 7.89. The Hall–Kier alpha value is -2.36. The first-order valence-electron chi connectivity index (χ1n) is 8.95. The van der Waals surface area contributed by atoms with Crippen molar-refractivity contribution in [3.63, 3.8) is 0 Å². The summed E-state index contributed by atoms with van der Waals surface area (Å²) in [6.07, 6.45) is 0. The second kappa shape index (κ2) is 8.76. The summed E-state index contributed by atoms with van der Waals surface area (Å²) in [5.41, 5.74) is 1.00. The molecular formula is C19H22F2N3O3S+. The van der Waals surface area contributed by atoms with Crippen molar-refractivity contribution in [2.45, 2.75) is 11.4 Å². The van der Waals surface area contributed by atoms with Crippen LogP contribution in [0.2, 0.25) is 0 Å². The smallest absolute Gasteiger partial charge is 0.275 e. The van der Waals surface area contributed by atoms with E-state index < -0.39 is 26.6 Å². The minimum absolute atomic E-state index is 0.111. The molecule has 0 spiro atoms. The molecule has 28 heavy (non-hydrogen) atoms. The van der Waals surface area contributed by atoms with Crippen molar-refractivity contribution >= 4 is 15.9 Å². The van der Waals surface area contributed by atoms with E-state index in [1.54, 1.807) is 0 Å². The standard InChI is InChI=1S/C19H21F2N3O3S/c20-16-6-7-18(17(21)12-16)28(26,27)24-10-8-23(9-11-24)14-19(25)22-13-15-4-2-1-3-5-15/h1-7,12H,8-11,13-14H2,(H,22,25)/p+1. The lowest BCUT2D eigenvalue weighted by Crippen LogP contribution is -3.15. The minimum Gasteiger partial charge on any atom is -0.347 e. The summed E-state index contributed by atoms with van der Waals surface area (Å²) < 4.78 is 53.2. The minimum atomic E-state index is -4.03. The topological polar surface area (TPSA) is 70.9 Å². The molecule has 0 aromatic heterocycles. The first-order valence-corrected chi connectivity index (χ1v) is 10.4. The molecular weight excluding hydrogens is 388 g/mol. The zero-order valence-corrected chi connectivity index (χ0v) is 16.0. The van der Waals surface area contributed by atoms with Crippen LogP contribution >= 0.6 is 0 Å². The molecule has 2 aromatic carbocycles. The number of carbonyl (C=O) groups is 1. The van der Waals surface area contributed by atoms with Gasteiger partial charge in [0.25, 0.3) is 5.91 Å². The summed E-state index contributed by atoms with van der Waals surface area (Å²) in [5, 5.41) is 2.85. The van der Waals surface area contributed by atoms with Gasteiger partial charge in [0.2, 0.25) is 10.0 Å². The molecule has 1 aliphatic heterocycles. The number of carbonyl (C=O) groups excluding carboxylic acids is 1. The molecule has 1 saturated heterocycles. The Kier molecular flexibility index (Phi) is 6.38. The normalized spacial score (nSPS) is 16.1. The van der Waals surface area contributed by atoms with Crippen LogP contribution in [0.25, 0.3) is 0 Å². The van der Waals surface area contributed by atoms with E-state index in [4.69, 9.17) is 0 Å². The Balaban J connectivity index is 1.52. The Morgan fingerprint density at radius 2 is 1.75 bits per heavy atom. The van der Waals surface area contributed by atoms with Crippen LogP contribution in [-0.2, 0) is 21.4 Å². The number of sulfonamides is 1. The number of amides is 1. The molecule has 2 N–H and O–H groups in total. The van der Waals surface area contributed by atoms with Gasteiger partial charge in [0.1, 0.15) is 16.5 Å². The summed E-state index contributed by atoms with van der Waals surface area (Å²) in [6.45, 7) is 1.88. The molecule has 0 radical (unpaired) electrons. The fourth-order valence-electron chi connectivity index (χ4n) is 3.13. The van der Waals surface area contributed by atoms with Crippen molar-refractivity contribution in [2.75, 3.05) is 32.7 Å². The number of halogens is 2. The van der Waals surface area contributed by atoms with Gasteiger partial charge in [0, 0.05) is 12.6 Å². The number of benzene rings is 2. The second-order valence-corrected chi connectivity index (χ2v) is 8.57. The number of piperazine rings is 1. The molecule has 1 heterocycles. The van der Waals surface area contributed by atoms with E-state index in [-0.39, 0.29) is 25.5 Å². The van der Waals surface area contributed by atoms with Crippen molar-refractivity contribution in [3.8, 4) is 0 Å². The molecule has 0 aliphatic carbocycles. The first kappa shape index (κ1) is 20.4. The second-order valence-electron chi connectivity index (χ2n) is 6.67. The molecule has 150 valence electrons. The van der Waals surface area contributed by atoms with E-state index in [9.17, 15) is 22.0 Å². The predicted octanol–water partition coefficient (Wildman–Crippen LogP) is 0.170. The van der Waals surface area contributed by atoms with Gasteiger partial charge in [-0.1, -0.05) is 30.3 Å². The zero-order chi connectivity index (χ0) is 20.1. The van der Waals surface area contributed by atoms with Crippen molar-refractivity contribution in [2.24, 2.45) is 0 Å². The van der Waals surface area contributed by atoms with E-state index in [1.165, 1.54) is 4.31 Å². The fourth-order valence-corrected chi connectivity index (χ4v) is 4.62. The summed E-state index contributed by atoms with van der Waals surface area (Å²) >= 11 is 0. The van der Waals surface area contributed by atoms with Crippen molar-refractivity contribution < 1.29 is 26.9 Å². The van der Waals surface area contributed by atoms with Crippen LogP contribution < -0.4 is 10.2 Å². The summed E-state index contributed by atoms with van der Waals surface area (Å²) in [6, 6.07) is 12.0. The van der Waals surface area contributed by atoms with Crippen LogP contribution in [0.4, 0.5) is 8.78 Å². The molecule has 0 unspecified atom stereocenters. The van der Waals surface area contributed by atoms with Crippen LogP contribution in [0.1, 0.15) is 5.56 Å². The number of hydrogen-bond acceptors (Lipinski definition) is 3. The van der Waals surface area contributed by atoms with Gasteiger partial charge in [0.05, 0.1) is 26.2 Å². The Morgan fingerprint density at radius 3 is 2.39 bits per heavy atom. The van der Waals surface area contributed by atoms with Gasteiger partial charge in [-0.05, 0) is 17.7 Å². The van der Waals surface area contributed by atoms with Crippen molar-refractivity contribution in [1.29, 1.82) is 0 Å². The largest absolute Gasteiger partial charge is 0.347 e. The molecule has 0 saturated carbocycles. The maximum absolute atomic E-state index is 13.9. The SMILES string of the molecule is O=C(C[NH+]1CCN(S(=O)(=O)c2ccc(F)cc2F)CC1)NCc1ccccc1. The van der Waals surface area contributed by atoms with Crippen LogP contribution in [0.5, 0.6) is 0 Å². The lowest BCUT2D eigenvalue weighted by atomic mass is 10.2. The monoisotopic (exact) mass is 410 g/mol. The van der Waals surface area contributed by atoms with E-state index in [2.05, 4.69) is 5.32 Å². The number of quaternary nitrogens is 1. The number of nitrogens with one attached hydrogen (secondary N) is 2. The number of rotatable bonds is 6. The van der Waals surface area contributed by atoms with E-state index in [0.29, 0.717) is 25.7 Å². The molecule has 2 aromatic rings. The van der Waals surface area contributed by atoms with E-state index >= 15 is 0 Å². The van der Waals surface area contributed by atoms with Gasteiger partial charge >= 0.3 is 0 Å². The molecule has 9 heteroatoms. The Bertz CT molecular complexity index is 931. The van der Waals surface area contributed by atoms with Crippen LogP contribution in [-0.4, -0.2) is 51.4 Å². The highest BCUT2D eigenvalue weighted by Crippen LogP contribution is 2.20. The molecule has 6 nitrogen and oxygen atoms in total. The highest BCUT2D eigenvalue weighted by atomic mass is 32.2. The Labute approximate surface area is 162 Å². The molecule has 0 bridgehead atoms. The van der Waals surface area contributed by atoms with Gasteiger partial charge in [-0.3, -0.25) is 4.79 Å². The first-order chi connectivity index (χ1) is 13.4. The number of hydrogen-bond donors (Lipinski definition) is 2. The van der Waals surface area contributed by atoms with Crippen LogP contribution in [0, 0.1) is 11.6 Å². The lowest BCUT2D eigenvalue weighted by Gasteiger charge is -2.31. The lowest BCUT2D eigenvalue weighted by molar-refractivity contribution is -0.895. The third-order valence-electron chi connectivity index (χ3n) is 4.68. The summed E-state index contributed by atoms with van der Waals surface area (Å²) in [4.78, 5) is 12.5. The van der Waals surface area contributed by atoms with Gasteiger partial charge in [-0.15, -0.1) is 0 Å². The average molecular weight is 410 g/mol. The summed E-state index contributed by atoms with van der Waals surface area (Å²) in [5.74, 6) is -2.04. The van der Waals surface area contributed by atoms with Crippen LogP contribution in [0.3, 0.4) is 0 Å². The summed E-state index contributed by atoms with van der Waals surface area (Å²) in [7, 11) is -4.03. The van der Waals surface area contributed by atoms with Gasteiger partial charge in [-0.25, -0.2) is 17.2 Å². The quantitative estimate of drug-likeness (QED) is 0.713. The van der Waals surface area contributed by atoms with Crippen molar-refractivity contribution in [3.05, 3.63) is 65.7 Å². The van der Waals surface area contributed by atoms with Gasteiger partial charge in [-0.2, -0.15) is 4.31 Å². The zero-order valence-electron chi connectivity index (χ0n) is 15.2. The van der Waals surface area contributed by atoms with Crippen molar-refractivity contribution in [1.82, 2.24) is 9.62 Å². The maximum Gasteiger partial charge on any atom is 0.275 e. The van der Waals surface area contributed by atoms with E-state index in [1.807, 2.05) is 30.3 Å². The maximum atomic E-state index is 13.9. The molecule has 1 fully saturated rings. The van der Waals surface area contributed by atoms with Crippen LogP contribution in [0.15, 0.2) is 53.4 Å². The van der Waals surface area contributed by atoms with E-state index in [0.717, 1.165) is 22.6 Å². The molecule has 3 rings (SSSR count). The third-order valence-corrected chi connectivity index (χ3v) is 6.62. The fraction of sp³-hybridized carbons (Fsp3) is 0.316. The average Bonchev–Trinajstić information content (AvgIpc) is 2.67.